The summed E-state index contributed by atoms with van der Waals surface area (Å²) in [5, 5.41) is 49.1. The van der Waals surface area contributed by atoms with Crippen LogP contribution in [0.2, 0.25) is 0 Å². The van der Waals surface area contributed by atoms with Crippen molar-refractivity contribution < 1.29 is 39.7 Å². The maximum absolute atomic E-state index is 10.4. The smallest absolute Gasteiger partial charge is 0.163 e. The standard InChI is InChI=1S/C15H28O8/c1-6-8(3)21-10(5-17)14(12(6)19)23-15-7(2)11(18)13(20)9(4-16)22-15/h6-20H,4-5H2,1-3H3/t6-,7?,8+,9?,10?,11?,12?,13-,14-,15+/m1/s1. The Morgan fingerprint density at radius 3 is 1.96 bits per heavy atom. The number of hydrogen-bond acceptors (Lipinski definition) is 8. The Morgan fingerprint density at radius 1 is 0.783 bits per heavy atom. The zero-order valence-corrected chi connectivity index (χ0v) is 13.6. The minimum Gasteiger partial charge on any atom is -0.394 e. The molecule has 8 heteroatoms. The fourth-order valence-electron chi connectivity index (χ4n) is 3.12. The summed E-state index contributed by atoms with van der Waals surface area (Å²) in [6, 6.07) is 0. The molecule has 5 N–H and O–H groups in total. The SMILES string of the molecule is CC1C(O)[C@H](O)C(CO)O[C@H]1O[C@@H]1C(CO)O[C@@H](C)[C@@H](C)C1O. The van der Waals surface area contributed by atoms with Crippen molar-refractivity contribution in [1.82, 2.24) is 0 Å². The van der Waals surface area contributed by atoms with Crippen LogP contribution in [-0.2, 0) is 14.2 Å². The van der Waals surface area contributed by atoms with Crippen molar-refractivity contribution in [3.8, 4) is 0 Å². The van der Waals surface area contributed by atoms with E-state index in [4.69, 9.17) is 14.2 Å². The third kappa shape index (κ3) is 3.69. The van der Waals surface area contributed by atoms with Crippen LogP contribution in [-0.4, -0.2) is 87.8 Å². The number of aliphatic hydroxyl groups is 5. The van der Waals surface area contributed by atoms with Gasteiger partial charge in [0.1, 0.15) is 24.4 Å². The second-order valence-electron chi connectivity index (χ2n) is 6.58. The number of aliphatic hydroxyl groups excluding tert-OH is 5. The van der Waals surface area contributed by atoms with Gasteiger partial charge >= 0.3 is 0 Å². The van der Waals surface area contributed by atoms with E-state index in [0.717, 1.165) is 0 Å². The van der Waals surface area contributed by atoms with E-state index in [2.05, 4.69) is 0 Å². The second-order valence-corrected chi connectivity index (χ2v) is 6.58. The first-order valence-electron chi connectivity index (χ1n) is 8.04. The van der Waals surface area contributed by atoms with Crippen LogP contribution in [0.1, 0.15) is 20.8 Å². The topological polar surface area (TPSA) is 129 Å². The number of hydrogen-bond donors (Lipinski definition) is 5. The van der Waals surface area contributed by atoms with Crippen molar-refractivity contribution in [2.45, 2.75) is 69.8 Å². The molecule has 0 aliphatic carbocycles. The lowest BCUT2D eigenvalue weighted by atomic mass is 9.88. The van der Waals surface area contributed by atoms with Gasteiger partial charge in [0.15, 0.2) is 6.29 Å². The van der Waals surface area contributed by atoms with Crippen LogP contribution in [0.4, 0.5) is 0 Å². The Hall–Kier alpha value is -0.320. The molecule has 10 atom stereocenters. The lowest BCUT2D eigenvalue weighted by molar-refractivity contribution is -0.325. The number of ether oxygens (including phenoxy) is 3. The zero-order valence-electron chi connectivity index (χ0n) is 13.6. The third-order valence-electron chi connectivity index (χ3n) is 5.03. The predicted octanol–water partition coefficient (Wildman–Crippen LogP) is -1.78. The average Bonchev–Trinajstić information content (AvgIpc) is 2.55. The van der Waals surface area contributed by atoms with Crippen molar-refractivity contribution in [3.05, 3.63) is 0 Å². The molecule has 2 aliphatic rings. The molecule has 0 aromatic carbocycles. The highest BCUT2D eigenvalue weighted by atomic mass is 16.7. The Labute approximate surface area is 135 Å². The molecular weight excluding hydrogens is 308 g/mol. The van der Waals surface area contributed by atoms with Gasteiger partial charge in [-0.25, -0.2) is 0 Å². The molecule has 2 heterocycles. The fraction of sp³-hybridized carbons (Fsp3) is 1.00. The lowest BCUT2D eigenvalue weighted by Gasteiger charge is -2.46. The zero-order chi connectivity index (χ0) is 17.3. The molecule has 136 valence electrons. The van der Waals surface area contributed by atoms with E-state index in [9.17, 15) is 25.5 Å². The summed E-state index contributed by atoms with van der Waals surface area (Å²) in [7, 11) is 0. The lowest BCUT2D eigenvalue weighted by Crippen LogP contribution is -2.60. The van der Waals surface area contributed by atoms with Crippen molar-refractivity contribution in [3.63, 3.8) is 0 Å². The van der Waals surface area contributed by atoms with E-state index in [0.29, 0.717) is 0 Å². The Balaban J connectivity index is 2.11. The minimum atomic E-state index is -1.21. The Bertz CT molecular complexity index is 376. The molecule has 0 bridgehead atoms. The maximum Gasteiger partial charge on any atom is 0.163 e. The van der Waals surface area contributed by atoms with Gasteiger partial charge in [-0.15, -0.1) is 0 Å². The van der Waals surface area contributed by atoms with Gasteiger partial charge in [0.25, 0.3) is 0 Å². The van der Waals surface area contributed by atoms with Crippen LogP contribution >= 0.6 is 0 Å². The quantitative estimate of drug-likeness (QED) is 0.408. The maximum atomic E-state index is 10.4. The summed E-state index contributed by atoms with van der Waals surface area (Å²) in [4.78, 5) is 0. The fourth-order valence-corrected chi connectivity index (χ4v) is 3.12. The molecule has 0 aromatic heterocycles. The van der Waals surface area contributed by atoms with Gasteiger partial charge in [-0.3, -0.25) is 0 Å². The van der Waals surface area contributed by atoms with Gasteiger partial charge in [0, 0.05) is 11.8 Å². The Kier molecular flexibility index (Phi) is 6.37. The minimum absolute atomic E-state index is 0.203. The molecule has 0 aromatic rings. The normalized spacial score (nSPS) is 51.7. The molecule has 0 radical (unpaired) electrons. The van der Waals surface area contributed by atoms with E-state index in [1.54, 1.807) is 6.92 Å². The summed E-state index contributed by atoms with van der Waals surface area (Å²) < 4.78 is 17.0. The van der Waals surface area contributed by atoms with Crippen LogP contribution in [0.15, 0.2) is 0 Å². The highest BCUT2D eigenvalue weighted by molar-refractivity contribution is 4.92. The first kappa shape index (κ1) is 19.0. The molecule has 2 fully saturated rings. The van der Waals surface area contributed by atoms with Crippen molar-refractivity contribution in [1.29, 1.82) is 0 Å². The van der Waals surface area contributed by atoms with E-state index in [-0.39, 0.29) is 18.6 Å². The van der Waals surface area contributed by atoms with Gasteiger partial charge in [-0.05, 0) is 6.92 Å². The Morgan fingerprint density at radius 2 is 1.39 bits per heavy atom. The first-order chi connectivity index (χ1) is 10.8. The molecule has 2 saturated heterocycles. The highest BCUT2D eigenvalue weighted by Gasteiger charge is 2.47. The monoisotopic (exact) mass is 336 g/mol. The molecule has 0 amide bonds. The molecule has 2 aliphatic heterocycles. The van der Waals surface area contributed by atoms with Gasteiger partial charge in [-0.2, -0.15) is 0 Å². The van der Waals surface area contributed by atoms with Gasteiger partial charge in [0.05, 0.1) is 31.5 Å². The molecule has 0 saturated carbocycles. The predicted molar refractivity (Wildman–Crippen MR) is 78.4 cm³/mol. The summed E-state index contributed by atoms with van der Waals surface area (Å²) in [6.07, 6.45) is -6.91. The summed E-state index contributed by atoms with van der Waals surface area (Å²) in [5.74, 6) is -0.778. The molecule has 23 heavy (non-hydrogen) atoms. The summed E-state index contributed by atoms with van der Waals surface area (Å²) in [6.45, 7) is 4.48. The van der Waals surface area contributed by atoms with Gasteiger partial charge in [-0.1, -0.05) is 13.8 Å². The molecular formula is C15H28O8. The third-order valence-corrected chi connectivity index (χ3v) is 5.03. The molecule has 0 spiro atoms. The molecule has 8 nitrogen and oxygen atoms in total. The first-order valence-corrected chi connectivity index (χ1v) is 8.04. The molecule has 5 unspecified atom stereocenters. The van der Waals surface area contributed by atoms with Crippen LogP contribution in [0.5, 0.6) is 0 Å². The summed E-state index contributed by atoms with van der Waals surface area (Å²) in [5.41, 5.74) is 0. The highest BCUT2D eigenvalue weighted by Crippen LogP contribution is 2.33. The second kappa shape index (κ2) is 7.71. The van der Waals surface area contributed by atoms with E-state index >= 15 is 0 Å². The van der Waals surface area contributed by atoms with Crippen molar-refractivity contribution in [2.24, 2.45) is 11.8 Å². The van der Waals surface area contributed by atoms with Crippen LogP contribution < -0.4 is 0 Å². The largest absolute Gasteiger partial charge is 0.394 e. The van der Waals surface area contributed by atoms with Crippen LogP contribution in [0, 0.1) is 11.8 Å². The van der Waals surface area contributed by atoms with Gasteiger partial charge < -0.3 is 39.7 Å². The van der Waals surface area contributed by atoms with E-state index < -0.39 is 55.4 Å². The number of rotatable bonds is 4. The van der Waals surface area contributed by atoms with E-state index in [1.807, 2.05) is 13.8 Å². The van der Waals surface area contributed by atoms with Crippen molar-refractivity contribution >= 4 is 0 Å². The van der Waals surface area contributed by atoms with Crippen LogP contribution in [0.3, 0.4) is 0 Å². The van der Waals surface area contributed by atoms with Crippen LogP contribution in [0.25, 0.3) is 0 Å². The van der Waals surface area contributed by atoms with Crippen molar-refractivity contribution in [2.75, 3.05) is 13.2 Å². The molecule has 2 rings (SSSR count). The summed E-state index contributed by atoms with van der Waals surface area (Å²) >= 11 is 0. The average molecular weight is 336 g/mol. The van der Waals surface area contributed by atoms with E-state index in [1.165, 1.54) is 0 Å². The van der Waals surface area contributed by atoms with Gasteiger partial charge in [0.2, 0.25) is 0 Å².